The van der Waals surface area contributed by atoms with Crippen LogP contribution >= 0.6 is 0 Å². The first-order valence-corrected chi connectivity index (χ1v) is 11.1. The predicted molar refractivity (Wildman–Crippen MR) is 121 cm³/mol. The van der Waals surface area contributed by atoms with E-state index in [0.717, 1.165) is 29.7 Å². The van der Waals surface area contributed by atoms with Gasteiger partial charge in [0.2, 0.25) is 0 Å². The molecule has 1 aliphatic rings. The van der Waals surface area contributed by atoms with Crippen molar-refractivity contribution in [3.05, 3.63) is 71.0 Å². The third-order valence-corrected chi connectivity index (χ3v) is 5.76. The number of fused-ring (bicyclic) bond motifs is 1. The number of nitrogens with one attached hydrogen (secondary N) is 2. The number of benzene rings is 1. The van der Waals surface area contributed by atoms with Crippen molar-refractivity contribution in [2.24, 2.45) is 0 Å². The standard InChI is InChI=1S/C25H22F5N3O3/c26-24(27,25(28,29)30)14-36-13-21(35)33-20-12-16(9-10-31-20)23-17(11-15-5-2-1-3-6-15)22-18(32-23)7-4-8-19(22)34/h1-3,5-6,9-10,12,32H,4,7-8,11,13-14H2,(H,31,33,35). The van der Waals surface area contributed by atoms with Gasteiger partial charge in [0.25, 0.3) is 5.91 Å². The van der Waals surface area contributed by atoms with Gasteiger partial charge in [-0.25, -0.2) is 4.98 Å². The summed E-state index contributed by atoms with van der Waals surface area (Å²) in [6, 6.07) is 12.8. The lowest BCUT2D eigenvalue weighted by molar-refractivity contribution is -0.296. The number of H-pyrrole nitrogens is 1. The number of amides is 1. The van der Waals surface area contributed by atoms with Gasteiger partial charge in [0.1, 0.15) is 19.0 Å². The Labute approximate surface area is 202 Å². The Morgan fingerprint density at radius 3 is 2.56 bits per heavy atom. The van der Waals surface area contributed by atoms with Crippen LogP contribution in [0.25, 0.3) is 11.3 Å². The minimum absolute atomic E-state index is 0.0493. The number of anilines is 1. The quantitative estimate of drug-likeness (QED) is 0.403. The van der Waals surface area contributed by atoms with Gasteiger partial charge < -0.3 is 15.0 Å². The monoisotopic (exact) mass is 507 g/mol. The number of aryl methyl sites for hydroxylation is 1. The number of ether oxygens (including phenoxy) is 1. The Morgan fingerprint density at radius 2 is 1.83 bits per heavy atom. The Morgan fingerprint density at radius 1 is 1.08 bits per heavy atom. The van der Waals surface area contributed by atoms with Crippen molar-refractivity contribution in [1.29, 1.82) is 0 Å². The molecule has 1 amide bonds. The number of carbonyl (C=O) groups excluding carboxylic acids is 2. The number of ketones is 1. The van der Waals surface area contributed by atoms with Crippen molar-refractivity contribution in [3.8, 4) is 11.3 Å². The highest BCUT2D eigenvalue weighted by Crippen LogP contribution is 2.36. The molecule has 11 heteroatoms. The summed E-state index contributed by atoms with van der Waals surface area (Å²) in [5.41, 5.74) is 4.66. The lowest BCUT2D eigenvalue weighted by Crippen LogP contribution is -2.41. The fraction of sp³-hybridized carbons (Fsp3) is 0.320. The zero-order valence-corrected chi connectivity index (χ0v) is 18.9. The Bertz CT molecular complexity index is 1260. The van der Waals surface area contributed by atoms with E-state index in [1.807, 2.05) is 30.3 Å². The highest BCUT2D eigenvalue weighted by atomic mass is 19.4. The van der Waals surface area contributed by atoms with Crippen LogP contribution in [0.2, 0.25) is 0 Å². The lowest BCUT2D eigenvalue weighted by atomic mass is 9.90. The maximum atomic E-state index is 12.9. The largest absolute Gasteiger partial charge is 0.455 e. The van der Waals surface area contributed by atoms with E-state index in [9.17, 15) is 31.5 Å². The average Bonchev–Trinajstić information content (AvgIpc) is 3.18. The molecule has 6 nitrogen and oxygen atoms in total. The van der Waals surface area contributed by atoms with Gasteiger partial charge in [-0.2, -0.15) is 22.0 Å². The normalized spacial score (nSPS) is 14.0. The van der Waals surface area contributed by atoms with Gasteiger partial charge >= 0.3 is 12.1 Å². The second-order valence-electron chi connectivity index (χ2n) is 8.44. The van der Waals surface area contributed by atoms with Gasteiger partial charge in [0, 0.05) is 35.9 Å². The zero-order valence-electron chi connectivity index (χ0n) is 18.9. The second kappa shape index (κ2) is 10.2. The van der Waals surface area contributed by atoms with E-state index in [-0.39, 0.29) is 11.6 Å². The van der Waals surface area contributed by atoms with Gasteiger partial charge in [-0.05, 0) is 36.1 Å². The number of rotatable bonds is 8. The number of hydrogen-bond donors (Lipinski definition) is 2. The molecule has 0 spiro atoms. The molecular formula is C25H22F5N3O3. The highest BCUT2D eigenvalue weighted by Gasteiger charge is 2.57. The lowest BCUT2D eigenvalue weighted by Gasteiger charge is -2.19. The van der Waals surface area contributed by atoms with Crippen LogP contribution in [0.4, 0.5) is 27.8 Å². The van der Waals surface area contributed by atoms with E-state index < -0.39 is 31.2 Å². The number of carbonyl (C=O) groups is 2. The first-order chi connectivity index (χ1) is 17.0. The molecule has 190 valence electrons. The van der Waals surface area contributed by atoms with Crippen molar-refractivity contribution in [1.82, 2.24) is 9.97 Å². The van der Waals surface area contributed by atoms with E-state index in [2.05, 4.69) is 20.0 Å². The SMILES string of the molecule is O=C(COCC(F)(F)C(F)(F)F)Nc1cc(-c2[nH]c3c(c2Cc2ccccc2)C(=O)CCC3)ccn1. The van der Waals surface area contributed by atoms with E-state index in [0.29, 0.717) is 29.7 Å². The molecule has 0 saturated heterocycles. The summed E-state index contributed by atoms with van der Waals surface area (Å²) in [7, 11) is 0. The molecule has 0 radical (unpaired) electrons. The van der Waals surface area contributed by atoms with Crippen molar-refractivity contribution >= 4 is 17.5 Å². The summed E-state index contributed by atoms with van der Waals surface area (Å²) in [5, 5.41) is 2.33. The molecule has 0 fully saturated rings. The van der Waals surface area contributed by atoms with Crippen LogP contribution in [-0.4, -0.2) is 47.0 Å². The molecule has 2 heterocycles. The molecule has 0 aliphatic heterocycles. The van der Waals surface area contributed by atoms with Gasteiger partial charge in [-0.3, -0.25) is 9.59 Å². The van der Waals surface area contributed by atoms with Gasteiger partial charge in [-0.15, -0.1) is 0 Å². The molecule has 2 aromatic heterocycles. The van der Waals surface area contributed by atoms with Crippen molar-refractivity contribution < 1.29 is 36.3 Å². The number of nitrogens with zero attached hydrogens (tertiary/aromatic N) is 1. The van der Waals surface area contributed by atoms with Crippen molar-refractivity contribution in [3.63, 3.8) is 0 Å². The molecule has 0 saturated carbocycles. The number of aromatic amines is 1. The van der Waals surface area contributed by atoms with E-state index in [1.54, 1.807) is 6.07 Å². The van der Waals surface area contributed by atoms with E-state index >= 15 is 0 Å². The summed E-state index contributed by atoms with van der Waals surface area (Å²) >= 11 is 0. The molecule has 0 atom stereocenters. The van der Waals surface area contributed by atoms with Crippen LogP contribution in [-0.2, 0) is 22.4 Å². The summed E-state index contributed by atoms with van der Waals surface area (Å²) in [4.78, 5) is 32.2. The zero-order chi connectivity index (χ0) is 25.9. The fourth-order valence-electron chi connectivity index (χ4n) is 4.08. The fourth-order valence-corrected chi connectivity index (χ4v) is 4.08. The second-order valence-corrected chi connectivity index (χ2v) is 8.44. The first-order valence-electron chi connectivity index (χ1n) is 11.1. The number of alkyl halides is 5. The number of halogens is 5. The topological polar surface area (TPSA) is 84.1 Å². The Kier molecular flexibility index (Phi) is 7.21. The number of aromatic nitrogens is 2. The maximum absolute atomic E-state index is 12.9. The van der Waals surface area contributed by atoms with Crippen LogP contribution in [0.3, 0.4) is 0 Å². The number of Topliss-reactive ketones (excluding diaryl/α,β-unsaturated/α-hetero) is 1. The molecule has 1 aliphatic carbocycles. The van der Waals surface area contributed by atoms with E-state index in [4.69, 9.17) is 0 Å². The minimum Gasteiger partial charge on any atom is -0.365 e. The highest BCUT2D eigenvalue weighted by molar-refractivity contribution is 6.01. The molecule has 0 bridgehead atoms. The molecule has 2 N–H and O–H groups in total. The van der Waals surface area contributed by atoms with Gasteiger partial charge in [0.05, 0.1) is 5.69 Å². The first kappa shape index (κ1) is 25.5. The smallest absolute Gasteiger partial charge is 0.365 e. The molecule has 4 rings (SSSR count). The van der Waals surface area contributed by atoms with Gasteiger partial charge in [0.15, 0.2) is 5.78 Å². The van der Waals surface area contributed by atoms with Crippen LogP contribution in [0.15, 0.2) is 48.7 Å². The minimum atomic E-state index is -5.77. The molecular weight excluding hydrogens is 485 g/mol. The molecule has 0 unspecified atom stereocenters. The number of pyridine rings is 1. The van der Waals surface area contributed by atoms with Crippen molar-refractivity contribution in [2.45, 2.75) is 37.8 Å². The molecule has 36 heavy (non-hydrogen) atoms. The summed E-state index contributed by atoms with van der Waals surface area (Å²) in [6.45, 7) is -2.98. The summed E-state index contributed by atoms with van der Waals surface area (Å²) < 4.78 is 66.8. The third-order valence-electron chi connectivity index (χ3n) is 5.76. The third kappa shape index (κ3) is 5.62. The predicted octanol–water partition coefficient (Wildman–Crippen LogP) is 5.34. The molecule has 3 aromatic rings. The summed E-state index contributed by atoms with van der Waals surface area (Å²) in [5.74, 6) is -5.90. The van der Waals surface area contributed by atoms with Crippen LogP contribution in [0.1, 0.15) is 40.0 Å². The van der Waals surface area contributed by atoms with Crippen LogP contribution in [0, 0.1) is 0 Å². The van der Waals surface area contributed by atoms with Gasteiger partial charge in [-0.1, -0.05) is 30.3 Å². The van der Waals surface area contributed by atoms with Crippen LogP contribution in [0.5, 0.6) is 0 Å². The van der Waals surface area contributed by atoms with E-state index in [1.165, 1.54) is 12.3 Å². The molecule has 1 aromatic carbocycles. The Hall–Kier alpha value is -3.60. The summed E-state index contributed by atoms with van der Waals surface area (Å²) in [6.07, 6.45) is -1.94. The van der Waals surface area contributed by atoms with Crippen LogP contribution < -0.4 is 5.32 Å². The maximum Gasteiger partial charge on any atom is 0.455 e. The number of hydrogen-bond acceptors (Lipinski definition) is 4. The Balaban J connectivity index is 1.53. The average molecular weight is 507 g/mol. The van der Waals surface area contributed by atoms with Crippen molar-refractivity contribution in [2.75, 3.05) is 18.5 Å².